The first-order valence-electron chi connectivity index (χ1n) is 8.26. The Labute approximate surface area is 142 Å². The molecule has 2 amide bonds. The van der Waals surface area contributed by atoms with Crippen molar-refractivity contribution >= 4 is 27.4 Å². The van der Waals surface area contributed by atoms with E-state index in [9.17, 15) is 13.2 Å². The largest absolute Gasteiger partial charge is 0.382 e. The maximum Gasteiger partial charge on any atom is 0.319 e. The number of sulfonamides is 1. The fourth-order valence-electron chi connectivity index (χ4n) is 3.46. The molecule has 3 N–H and O–H groups in total. The molecule has 0 unspecified atom stereocenters. The van der Waals surface area contributed by atoms with E-state index in [2.05, 4.69) is 5.32 Å². The zero-order valence-electron chi connectivity index (χ0n) is 13.9. The summed E-state index contributed by atoms with van der Waals surface area (Å²) in [4.78, 5) is 13.2. The third-order valence-electron chi connectivity index (χ3n) is 4.76. The van der Waals surface area contributed by atoms with Crippen LogP contribution < -0.4 is 16.0 Å². The van der Waals surface area contributed by atoms with Crippen LogP contribution >= 0.6 is 0 Å². The Bertz CT molecular complexity index is 727. The summed E-state index contributed by atoms with van der Waals surface area (Å²) >= 11 is 0. The van der Waals surface area contributed by atoms with Crippen LogP contribution in [0, 0.1) is 0 Å². The molecule has 2 aliphatic heterocycles. The molecule has 1 aromatic carbocycles. The lowest BCUT2D eigenvalue weighted by Gasteiger charge is -2.32. The topological polar surface area (TPSA) is 95.7 Å². The summed E-state index contributed by atoms with van der Waals surface area (Å²) in [5.41, 5.74) is 8.44. The van der Waals surface area contributed by atoms with E-state index >= 15 is 0 Å². The second kappa shape index (κ2) is 6.60. The molecule has 0 bridgehead atoms. The number of nitrogens with one attached hydrogen (secondary N) is 1. The normalized spacial score (nSPS) is 19.8. The van der Waals surface area contributed by atoms with Crippen molar-refractivity contribution in [3.63, 3.8) is 0 Å². The Hall–Kier alpha value is -1.80. The number of aryl methyl sites for hydroxylation is 1. The number of urea groups is 1. The van der Waals surface area contributed by atoms with Crippen molar-refractivity contribution in [1.82, 2.24) is 4.31 Å². The molecule has 8 heteroatoms. The van der Waals surface area contributed by atoms with Gasteiger partial charge < -0.3 is 11.1 Å². The summed E-state index contributed by atoms with van der Waals surface area (Å²) in [6.45, 7) is 1.72. The Morgan fingerprint density at radius 1 is 1.25 bits per heavy atom. The predicted molar refractivity (Wildman–Crippen MR) is 94.8 cm³/mol. The highest BCUT2D eigenvalue weighted by Gasteiger charge is 2.25. The van der Waals surface area contributed by atoms with Gasteiger partial charge in [-0.1, -0.05) is 6.07 Å². The first kappa shape index (κ1) is 17.0. The molecule has 24 heavy (non-hydrogen) atoms. The molecule has 7 nitrogen and oxygen atoms in total. The van der Waals surface area contributed by atoms with Crippen molar-refractivity contribution in [1.29, 1.82) is 0 Å². The molecule has 1 saturated heterocycles. The average molecular weight is 352 g/mol. The zero-order valence-corrected chi connectivity index (χ0v) is 14.7. The molecular weight excluding hydrogens is 328 g/mol. The van der Waals surface area contributed by atoms with Gasteiger partial charge in [-0.2, -0.15) is 0 Å². The van der Waals surface area contributed by atoms with Crippen LogP contribution in [-0.4, -0.2) is 50.7 Å². The minimum Gasteiger partial charge on any atom is -0.382 e. The number of primary amides is 1. The highest BCUT2D eigenvalue weighted by molar-refractivity contribution is 7.88. The number of rotatable bonds is 3. The summed E-state index contributed by atoms with van der Waals surface area (Å²) in [5.74, 6) is 0. The summed E-state index contributed by atoms with van der Waals surface area (Å²) in [5, 5.41) is 3.46. The molecule has 2 aliphatic rings. The first-order valence-corrected chi connectivity index (χ1v) is 10.1. The smallest absolute Gasteiger partial charge is 0.319 e. The van der Waals surface area contributed by atoms with Crippen LogP contribution in [0.2, 0.25) is 0 Å². The van der Waals surface area contributed by atoms with Crippen LogP contribution in [0.5, 0.6) is 0 Å². The van der Waals surface area contributed by atoms with Gasteiger partial charge in [0, 0.05) is 31.4 Å². The van der Waals surface area contributed by atoms with E-state index in [-0.39, 0.29) is 6.04 Å². The molecular formula is C16H24N4O3S. The quantitative estimate of drug-likeness (QED) is 0.858. The summed E-state index contributed by atoms with van der Waals surface area (Å²) in [7, 11) is -3.10. The number of fused-ring (bicyclic) bond motifs is 1. The third-order valence-corrected chi connectivity index (χ3v) is 6.07. The van der Waals surface area contributed by atoms with Gasteiger partial charge in [0.05, 0.1) is 11.9 Å². The van der Waals surface area contributed by atoms with Gasteiger partial charge in [0.2, 0.25) is 10.0 Å². The van der Waals surface area contributed by atoms with Gasteiger partial charge in [-0.3, -0.25) is 4.90 Å². The van der Waals surface area contributed by atoms with Crippen LogP contribution in [0.3, 0.4) is 0 Å². The summed E-state index contributed by atoms with van der Waals surface area (Å²) < 4.78 is 24.7. The summed E-state index contributed by atoms with van der Waals surface area (Å²) in [6.07, 6.45) is 4.66. The number of anilines is 2. The minimum atomic E-state index is -3.10. The van der Waals surface area contributed by atoms with Crippen molar-refractivity contribution in [3.8, 4) is 0 Å². The van der Waals surface area contributed by atoms with Gasteiger partial charge in [0.15, 0.2) is 0 Å². The van der Waals surface area contributed by atoms with Gasteiger partial charge in [0.1, 0.15) is 0 Å². The Kier molecular flexibility index (Phi) is 4.69. The van der Waals surface area contributed by atoms with E-state index in [1.807, 2.05) is 18.2 Å². The number of hydrogen-bond acceptors (Lipinski definition) is 4. The molecule has 0 atom stereocenters. The molecule has 0 spiro atoms. The van der Waals surface area contributed by atoms with E-state index in [4.69, 9.17) is 5.73 Å². The number of amides is 2. The van der Waals surface area contributed by atoms with Crippen molar-refractivity contribution in [2.45, 2.75) is 31.7 Å². The Morgan fingerprint density at radius 2 is 1.96 bits per heavy atom. The highest BCUT2D eigenvalue weighted by atomic mass is 32.2. The molecule has 0 saturated carbocycles. The molecule has 0 aromatic heterocycles. The van der Waals surface area contributed by atoms with Crippen LogP contribution in [0.4, 0.5) is 16.2 Å². The van der Waals surface area contributed by atoms with Crippen LogP contribution in [0.25, 0.3) is 0 Å². The van der Waals surface area contributed by atoms with Gasteiger partial charge in [-0.05, 0) is 43.4 Å². The fourth-order valence-corrected chi connectivity index (χ4v) is 4.33. The van der Waals surface area contributed by atoms with Gasteiger partial charge >= 0.3 is 6.03 Å². The highest BCUT2D eigenvalue weighted by Crippen LogP contribution is 2.30. The fraction of sp³-hybridized carbons (Fsp3) is 0.562. The second-order valence-corrected chi connectivity index (χ2v) is 8.50. The predicted octanol–water partition coefficient (Wildman–Crippen LogP) is 1.35. The van der Waals surface area contributed by atoms with Crippen molar-refractivity contribution in [2.75, 3.05) is 36.1 Å². The van der Waals surface area contributed by atoms with Gasteiger partial charge in [-0.25, -0.2) is 17.5 Å². The first-order chi connectivity index (χ1) is 11.3. The zero-order chi connectivity index (χ0) is 17.3. The van der Waals surface area contributed by atoms with Crippen molar-refractivity contribution in [2.24, 2.45) is 5.73 Å². The van der Waals surface area contributed by atoms with E-state index < -0.39 is 16.1 Å². The van der Waals surface area contributed by atoms with Crippen molar-refractivity contribution in [3.05, 3.63) is 23.8 Å². The Balaban J connectivity index is 1.69. The third kappa shape index (κ3) is 3.64. The van der Waals surface area contributed by atoms with Gasteiger partial charge in [0.25, 0.3) is 0 Å². The lowest BCUT2D eigenvalue weighted by Crippen LogP contribution is -2.42. The number of carbonyl (C=O) groups excluding carboxylic acids is 1. The second-order valence-electron chi connectivity index (χ2n) is 6.52. The number of piperidine rings is 1. The monoisotopic (exact) mass is 352 g/mol. The standard InChI is InChI=1S/C16H24N4O3S/c1-24(22,23)19-9-6-13(7-10-19)18-14-5-4-12-3-2-8-20(16(17)21)15(12)11-14/h4-5,11,13,18H,2-3,6-10H2,1H3,(H2,17,21). The molecule has 1 aromatic rings. The van der Waals surface area contributed by atoms with Crippen LogP contribution in [-0.2, 0) is 16.4 Å². The van der Waals surface area contributed by atoms with Gasteiger partial charge in [-0.15, -0.1) is 0 Å². The molecule has 3 rings (SSSR count). The molecule has 132 valence electrons. The lowest BCUT2D eigenvalue weighted by atomic mass is 10.0. The number of nitrogens with two attached hydrogens (primary N) is 1. The average Bonchev–Trinajstić information content (AvgIpc) is 2.53. The van der Waals surface area contributed by atoms with Crippen molar-refractivity contribution < 1.29 is 13.2 Å². The SMILES string of the molecule is CS(=O)(=O)N1CCC(Nc2ccc3c(c2)N(C(N)=O)CCC3)CC1. The van der Waals surface area contributed by atoms with E-state index in [0.717, 1.165) is 42.6 Å². The maximum absolute atomic E-state index is 11.6. The molecule has 0 radical (unpaired) electrons. The Morgan fingerprint density at radius 3 is 2.58 bits per heavy atom. The maximum atomic E-state index is 11.6. The molecule has 1 fully saturated rings. The van der Waals surface area contributed by atoms with Crippen LogP contribution in [0.15, 0.2) is 18.2 Å². The number of hydrogen-bond donors (Lipinski definition) is 2. The van der Waals surface area contributed by atoms with E-state index in [0.29, 0.717) is 19.6 Å². The van der Waals surface area contributed by atoms with Crippen LogP contribution in [0.1, 0.15) is 24.8 Å². The summed E-state index contributed by atoms with van der Waals surface area (Å²) in [6, 6.07) is 5.84. The lowest BCUT2D eigenvalue weighted by molar-refractivity contribution is 0.253. The minimum absolute atomic E-state index is 0.228. The number of benzene rings is 1. The van der Waals surface area contributed by atoms with E-state index in [1.54, 1.807) is 4.90 Å². The molecule has 0 aliphatic carbocycles. The molecule has 2 heterocycles. The number of carbonyl (C=O) groups is 1. The number of nitrogens with zero attached hydrogens (tertiary/aromatic N) is 2. The van der Waals surface area contributed by atoms with E-state index in [1.165, 1.54) is 10.6 Å².